The van der Waals surface area contributed by atoms with Crippen LogP contribution in [0.5, 0.6) is 5.75 Å². The lowest BCUT2D eigenvalue weighted by molar-refractivity contribution is 0.0743. The minimum atomic E-state index is -0.347. The van der Waals surface area contributed by atoms with Crippen molar-refractivity contribution in [3.8, 4) is 11.4 Å². The SMILES string of the molecule is CCn1c(=O)c(N2CCN(C(=O)c3ccccc3OC)CC2)c(C)n(-c2ccccc2)c1=O. The Hall–Kier alpha value is -3.81. The first-order chi connectivity index (χ1) is 16.0. The summed E-state index contributed by atoms with van der Waals surface area (Å²) in [6, 6.07) is 16.5. The van der Waals surface area contributed by atoms with Crippen LogP contribution in [-0.4, -0.2) is 53.2 Å². The molecule has 8 nitrogen and oxygen atoms in total. The highest BCUT2D eigenvalue weighted by atomic mass is 16.5. The van der Waals surface area contributed by atoms with Gasteiger partial charge in [0.1, 0.15) is 11.4 Å². The molecule has 1 fully saturated rings. The van der Waals surface area contributed by atoms with Crippen LogP contribution in [-0.2, 0) is 6.54 Å². The molecular formula is C25H28N4O4. The van der Waals surface area contributed by atoms with Gasteiger partial charge in [-0.05, 0) is 38.1 Å². The molecule has 1 amide bonds. The van der Waals surface area contributed by atoms with Crippen molar-refractivity contribution < 1.29 is 9.53 Å². The molecule has 1 aliphatic rings. The van der Waals surface area contributed by atoms with E-state index in [2.05, 4.69) is 0 Å². The van der Waals surface area contributed by atoms with E-state index < -0.39 is 0 Å². The van der Waals surface area contributed by atoms with E-state index in [0.29, 0.717) is 54.6 Å². The Morgan fingerprint density at radius 3 is 2.21 bits per heavy atom. The third-order valence-electron chi connectivity index (χ3n) is 6.10. The van der Waals surface area contributed by atoms with Crippen molar-refractivity contribution in [3.63, 3.8) is 0 Å². The second kappa shape index (κ2) is 9.36. The number of methoxy groups -OCH3 is 1. The van der Waals surface area contributed by atoms with E-state index in [4.69, 9.17) is 4.74 Å². The van der Waals surface area contributed by atoms with E-state index in [1.54, 1.807) is 42.6 Å². The van der Waals surface area contributed by atoms with Gasteiger partial charge >= 0.3 is 5.69 Å². The van der Waals surface area contributed by atoms with E-state index in [0.717, 1.165) is 0 Å². The number of amides is 1. The molecule has 2 aromatic carbocycles. The molecule has 0 spiro atoms. The molecule has 1 aliphatic heterocycles. The van der Waals surface area contributed by atoms with Gasteiger partial charge in [-0.2, -0.15) is 0 Å². The smallest absolute Gasteiger partial charge is 0.335 e. The standard InChI is InChI=1S/C25H28N4O4/c1-4-28-24(31)22(18(2)29(25(28)32)19-10-6-5-7-11-19)26-14-16-27(17-15-26)23(30)20-12-8-9-13-21(20)33-3/h5-13H,4,14-17H2,1-3H3. The fourth-order valence-electron chi connectivity index (χ4n) is 4.39. The van der Waals surface area contributed by atoms with Crippen LogP contribution < -0.4 is 20.9 Å². The quantitative estimate of drug-likeness (QED) is 0.599. The van der Waals surface area contributed by atoms with E-state index in [9.17, 15) is 14.4 Å². The minimum absolute atomic E-state index is 0.0935. The number of para-hydroxylation sites is 2. The molecule has 3 aromatic rings. The van der Waals surface area contributed by atoms with Crippen molar-refractivity contribution in [1.82, 2.24) is 14.0 Å². The van der Waals surface area contributed by atoms with Crippen LogP contribution in [0.3, 0.4) is 0 Å². The van der Waals surface area contributed by atoms with E-state index in [1.807, 2.05) is 47.4 Å². The van der Waals surface area contributed by atoms with Crippen molar-refractivity contribution >= 4 is 11.6 Å². The number of anilines is 1. The number of piperazine rings is 1. The Morgan fingerprint density at radius 1 is 0.939 bits per heavy atom. The third-order valence-corrected chi connectivity index (χ3v) is 6.10. The van der Waals surface area contributed by atoms with Crippen LogP contribution in [0.25, 0.3) is 5.69 Å². The maximum atomic E-state index is 13.3. The van der Waals surface area contributed by atoms with Gasteiger partial charge in [-0.1, -0.05) is 30.3 Å². The summed E-state index contributed by atoms with van der Waals surface area (Å²) >= 11 is 0. The number of benzene rings is 2. The highest BCUT2D eigenvalue weighted by Gasteiger charge is 2.28. The van der Waals surface area contributed by atoms with Crippen LogP contribution in [0, 0.1) is 6.92 Å². The molecule has 0 radical (unpaired) electrons. The number of rotatable bonds is 5. The molecule has 1 saturated heterocycles. The number of hydrogen-bond acceptors (Lipinski definition) is 5. The lowest BCUT2D eigenvalue weighted by Crippen LogP contribution is -2.52. The zero-order chi connectivity index (χ0) is 23.5. The molecule has 0 unspecified atom stereocenters. The van der Waals surface area contributed by atoms with E-state index >= 15 is 0 Å². The number of hydrogen-bond donors (Lipinski definition) is 0. The predicted octanol–water partition coefficient (Wildman–Crippen LogP) is 2.30. The largest absolute Gasteiger partial charge is 0.496 e. The molecular weight excluding hydrogens is 420 g/mol. The van der Waals surface area contributed by atoms with Gasteiger partial charge in [0.2, 0.25) is 0 Å². The number of ether oxygens (including phenoxy) is 1. The predicted molar refractivity (Wildman–Crippen MR) is 128 cm³/mol. The highest BCUT2D eigenvalue weighted by molar-refractivity contribution is 5.97. The first-order valence-electron chi connectivity index (χ1n) is 11.1. The van der Waals surface area contributed by atoms with Crippen molar-refractivity contribution in [3.05, 3.63) is 86.7 Å². The fourth-order valence-corrected chi connectivity index (χ4v) is 4.39. The molecule has 0 aliphatic carbocycles. The first kappa shape index (κ1) is 22.4. The van der Waals surface area contributed by atoms with Crippen LogP contribution in [0.1, 0.15) is 23.0 Å². The maximum Gasteiger partial charge on any atom is 0.335 e. The Morgan fingerprint density at radius 2 is 1.58 bits per heavy atom. The average Bonchev–Trinajstić information content (AvgIpc) is 2.85. The summed E-state index contributed by atoms with van der Waals surface area (Å²) in [5, 5.41) is 0. The van der Waals surface area contributed by atoms with Crippen LogP contribution >= 0.6 is 0 Å². The molecule has 2 heterocycles. The fraction of sp³-hybridized carbons (Fsp3) is 0.320. The zero-order valence-electron chi connectivity index (χ0n) is 19.2. The van der Waals surface area contributed by atoms with Gasteiger partial charge < -0.3 is 14.5 Å². The number of aromatic nitrogens is 2. The number of nitrogens with zero attached hydrogens (tertiary/aromatic N) is 4. The Bertz CT molecular complexity index is 1270. The van der Waals surface area contributed by atoms with Crippen LogP contribution in [0.15, 0.2) is 64.2 Å². The van der Waals surface area contributed by atoms with Crippen molar-refractivity contribution in [2.75, 3.05) is 38.2 Å². The molecule has 1 aromatic heterocycles. The third kappa shape index (κ3) is 4.04. The van der Waals surface area contributed by atoms with Gasteiger partial charge in [0.25, 0.3) is 11.5 Å². The molecule has 8 heteroatoms. The first-order valence-corrected chi connectivity index (χ1v) is 11.1. The second-order valence-corrected chi connectivity index (χ2v) is 7.92. The molecule has 172 valence electrons. The summed E-state index contributed by atoms with van der Waals surface area (Å²) in [4.78, 5) is 43.1. The summed E-state index contributed by atoms with van der Waals surface area (Å²) < 4.78 is 8.19. The second-order valence-electron chi connectivity index (χ2n) is 7.92. The minimum Gasteiger partial charge on any atom is -0.496 e. The van der Waals surface area contributed by atoms with Gasteiger partial charge in [-0.3, -0.25) is 18.7 Å². The molecule has 4 rings (SSSR count). The van der Waals surface area contributed by atoms with Crippen molar-refractivity contribution in [2.45, 2.75) is 20.4 Å². The Balaban J connectivity index is 1.66. The molecule has 33 heavy (non-hydrogen) atoms. The lowest BCUT2D eigenvalue weighted by atomic mass is 10.1. The lowest BCUT2D eigenvalue weighted by Gasteiger charge is -2.37. The van der Waals surface area contributed by atoms with Crippen LogP contribution in [0.4, 0.5) is 5.69 Å². The Kier molecular flexibility index (Phi) is 6.35. The summed E-state index contributed by atoms with van der Waals surface area (Å²) in [6.45, 7) is 5.79. The highest BCUT2D eigenvalue weighted by Crippen LogP contribution is 2.22. The van der Waals surface area contributed by atoms with Gasteiger partial charge in [0, 0.05) is 32.7 Å². The summed E-state index contributed by atoms with van der Waals surface area (Å²) in [6.07, 6.45) is 0. The van der Waals surface area contributed by atoms with Crippen molar-refractivity contribution in [2.24, 2.45) is 0 Å². The molecule has 0 atom stereocenters. The topological polar surface area (TPSA) is 76.8 Å². The van der Waals surface area contributed by atoms with Gasteiger partial charge in [0.15, 0.2) is 0 Å². The number of carbonyl (C=O) groups is 1. The van der Waals surface area contributed by atoms with E-state index in [-0.39, 0.29) is 23.7 Å². The van der Waals surface area contributed by atoms with E-state index in [1.165, 1.54) is 4.57 Å². The monoisotopic (exact) mass is 448 g/mol. The molecule has 0 saturated carbocycles. The maximum absolute atomic E-state index is 13.3. The number of carbonyl (C=O) groups excluding carboxylic acids is 1. The van der Waals surface area contributed by atoms with Crippen LogP contribution in [0.2, 0.25) is 0 Å². The van der Waals surface area contributed by atoms with Gasteiger partial charge in [0.05, 0.1) is 24.1 Å². The Labute approximate surface area is 192 Å². The zero-order valence-corrected chi connectivity index (χ0v) is 19.2. The molecule has 0 N–H and O–H groups in total. The normalized spacial score (nSPS) is 13.8. The summed E-state index contributed by atoms with van der Waals surface area (Å²) in [5.74, 6) is 0.450. The van der Waals surface area contributed by atoms with Crippen molar-refractivity contribution in [1.29, 1.82) is 0 Å². The summed E-state index contributed by atoms with van der Waals surface area (Å²) in [5.41, 5.74) is 1.70. The summed E-state index contributed by atoms with van der Waals surface area (Å²) in [7, 11) is 1.55. The van der Waals surface area contributed by atoms with Gasteiger partial charge in [-0.25, -0.2) is 4.79 Å². The molecule has 0 bridgehead atoms. The van der Waals surface area contributed by atoms with Gasteiger partial charge in [-0.15, -0.1) is 0 Å². The average molecular weight is 449 g/mol.